The van der Waals surface area contributed by atoms with Crippen LogP contribution in [0.4, 0.5) is 4.79 Å². The van der Waals surface area contributed by atoms with E-state index in [4.69, 9.17) is 0 Å². The average molecular weight is 322 g/mol. The smallest absolute Gasteiger partial charge is 0.325 e. The minimum absolute atomic E-state index is 0.123. The molecule has 0 bridgehead atoms. The van der Waals surface area contributed by atoms with Gasteiger partial charge in [0.25, 0.3) is 5.91 Å². The lowest BCUT2D eigenvalue weighted by atomic mass is 9.97. The molecule has 128 valence electrons. The van der Waals surface area contributed by atoms with Crippen molar-refractivity contribution < 1.29 is 14.4 Å². The van der Waals surface area contributed by atoms with Crippen molar-refractivity contribution in [2.24, 2.45) is 5.92 Å². The van der Waals surface area contributed by atoms with Crippen LogP contribution in [-0.2, 0) is 9.59 Å². The molecule has 3 fully saturated rings. The zero-order valence-electron chi connectivity index (χ0n) is 13.9. The van der Waals surface area contributed by atoms with Crippen LogP contribution in [0.1, 0.15) is 39.0 Å². The van der Waals surface area contributed by atoms with E-state index in [-0.39, 0.29) is 11.8 Å². The van der Waals surface area contributed by atoms with Crippen molar-refractivity contribution in [2.45, 2.75) is 50.6 Å². The Morgan fingerprint density at radius 2 is 2.09 bits per heavy atom. The number of carbonyl (C=O) groups is 3. The largest absolute Gasteiger partial charge is 0.341 e. The van der Waals surface area contributed by atoms with Crippen molar-refractivity contribution in [3.63, 3.8) is 0 Å². The van der Waals surface area contributed by atoms with Gasteiger partial charge in [0, 0.05) is 13.1 Å². The molecular weight excluding hydrogens is 296 g/mol. The molecule has 0 unspecified atom stereocenters. The lowest BCUT2D eigenvalue weighted by Crippen LogP contribution is -2.50. The first-order valence-electron chi connectivity index (χ1n) is 8.58. The third-order valence-corrected chi connectivity index (χ3v) is 5.49. The average Bonchev–Trinajstić information content (AvgIpc) is 3.21. The van der Waals surface area contributed by atoms with Crippen molar-refractivity contribution in [2.75, 3.05) is 26.7 Å². The topological polar surface area (TPSA) is 81.8 Å². The molecule has 2 aliphatic heterocycles. The monoisotopic (exact) mass is 322 g/mol. The van der Waals surface area contributed by atoms with Gasteiger partial charge in [0.15, 0.2) is 0 Å². The number of amides is 4. The van der Waals surface area contributed by atoms with Crippen LogP contribution in [-0.4, -0.2) is 65.9 Å². The summed E-state index contributed by atoms with van der Waals surface area (Å²) >= 11 is 0. The van der Waals surface area contributed by atoms with Crippen molar-refractivity contribution in [1.82, 2.24) is 20.4 Å². The van der Waals surface area contributed by atoms with Gasteiger partial charge in [-0.25, -0.2) is 9.69 Å². The molecule has 2 atom stereocenters. The van der Waals surface area contributed by atoms with Crippen LogP contribution < -0.4 is 10.6 Å². The maximum absolute atomic E-state index is 12.7. The Hall–Kier alpha value is -1.63. The van der Waals surface area contributed by atoms with E-state index in [9.17, 15) is 14.4 Å². The second kappa shape index (κ2) is 6.11. The number of carbonyl (C=O) groups excluding carboxylic acids is 3. The minimum atomic E-state index is -0.745. The molecule has 7 nitrogen and oxygen atoms in total. The number of likely N-dealkylation sites (tertiary alicyclic amines) is 1. The highest BCUT2D eigenvalue weighted by Gasteiger charge is 2.54. The van der Waals surface area contributed by atoms with E-state index in [0.717, 1.165) is 30.7 Å². The zero-order chi connectivity index (χ0) is 16.6. The molecule has 0 aromatic heterocycles. The molecule has 1 saturated carbocycles. The van der Waals surface area contributed by atoms with E-state index in [1.807, 2.05) is 7.05 Å². The Bertz CT molecular complexity index is 515. The summed E-state index contributed by atoms with van der Waals surface area (Å²) in [4.78, 5) is 40.7. The molecule has 4 amide bonds. The summed E-state index contributed by atoms with van der Waals surface area (Å²) in [7, 11) is 1.90. The van der Waals surface area contributed by atoms with Crippen LogP contribution >= 0.6 is 0 Å². The second-order valence-corrected chi connectivity index (χ2v) is 7.07. The Morgan fingerprint density at radius 3 is 2.74 bits per heavy atom. The van der Waals surface area contributed by atoms with Crippen molar-refractivity contribution >= 4 is 17.8 Å². The molecule has 2 saturated heterocycles. The number of imide groups is 1. The SMILES string of the molecule is CNC[C@@H]1CCN(C(=O)[C@H](C)N2C(=O)NC3(CCCC3)C2=O)C1. The van der Waals surface area contributed by atoms with Crippen LogP contribution in [0.2, 0.25) is 0 Å². The Kier molecular flexibility index (Phi) is 4.31. The van der Waals surface area contributed by atoms with Crippen molar-refractivity contribution in [3.05, 3.63) is 0 Å². The number of nitrogens with one attached hydrogen (secondary N) is 2. The first-order valence-corrected chi connectivity index (χ1v) is 8.58. The third kappa shape index (κ3) is 2.71. The first kappa shape index (κ1) is 16.2. The van der Waals surface area contributed by atoms with Crippen LogP contribution in [0, 0.1) is 5.92 Å². The molecule has 3 rings (SSSR count). The van der Waals surface area contributed by atoms with Crippen LogP contribution in [0.3, 0.4) is 0 Å². The fourth-order valence-electron chi connectivity index (χ4n) is 4.17. The standard InChI is InChI=1S/C16H26N4O3/c1-11(13(21)19-8-5-12(10-19)9-17-2)20-14(22)16(18-15(20)23)6-3-4-7-16/h11-12,17H,3-10H2,1-2H3,(H,18,23)/t11-,12-/m0/s1. The van der Waals surface area contributed by atoms with Gasteiger partial charge < -0.3 is 15.5 Å². The van der Waals surface area contributed by atoms with E-state index >= 15 is 0 Å². The zero-order valence-corrected chi connectivity index (χ0v) is 13.9. The van der Waals surface area contributed by atoms with Gasteiger partial charge in [-0.1, -0.05) is 12.8 Å². The van der Waals surface area contributed by atoms with E-state index in [0.29, 0.717) is 31.8 Å². The highest BCUT2D eigenvalue weighted by Crippen LogP contribution is 2.36. The molecule has 2 N–H and O–H groups in total. The summed E-state index contributed by atoms with van der Waals surface area (Å²) in [6.45, 7) is 3.94. The molecule has 1 spiro atoms. The minimum Gasteiger partial charge on any atom is -0.341 e. The van der Waals surface area contributed by atoms with Crippen LogP contribution in [0.25, 0.3) is 0 Å². The maximum atomic E-state index is 12.7. The normalized spacial score (nSPS) is 27.8. The highest BCUT2D eigenvalue weighted by molar-refractivity contribution is 6.09. The number of urea groups is 1. The Morgan fingerprint density at radius 1 is 1.39 bits per heavy atom. The van der Waals surface area contributed by atoms with Gasteiger partial charge in [-0.3, -0.25) is 9.59 Å². The van der Waals surface area contributed by atoms with Crippen molar-refractivity contribution in [3.8, 4) is 0 Å². The fourth-order valence-corrected chi connectivity index (χ4v) is 4.17. The van der Waals surface area contributed by atoms with Crippen LogP contribution in [0.15, 0.2) is 0 Å². The number of hydrogen-bond acceptors (Lipinski definition) is 4. The molecule has 1 aliphatic carbocycles. The van der Waals surface area contributed by atoms with Gasteiger partial charge >= 0.3 is 6.03 Å². The Labute approximate surface area is 136 Å². The van der Waals surface area contributed by atoms with Gasteiger partial charge in [-0.05, 0) is 45.7 Å². The number of nitrogens with zero attached hydrogens (tertiary/aromatic N) is 2. The summed E-state index contributed by atoms with van der Waals surface area (Å²) in [5.74, 6) is 0.106. The lowest BCUT2D eigenvalue weighted by Gasteiger charge is -2.27. The van der Waals surface area contributed by atoms with Crippen molar-refractivity contribution in [1.29, 1.82) is 0 Å². The van der Waals surface area contributed by atoms with Gasteiger partial charge in [0.1, 0.15) is 11.6 Å². The molecule has 3 aliphatic rings. The summed E-state index contributed by atoms with van der Waals surface area (Å²) in [5, 5.41) is 5.98. The van der Waals surface area contributed by atoms with Gasteiger partial charge in [-0.15, -0.1) is 0 Å². The molecule has 0 radical (unpaired) electrons. The molecule has 7 heteroatoms. The number of hydrogen-bond donors (Lipinski definition) is 2. The third-order valence-electron chi connectivity index (χ3n) is 5.49. The fraction of sp³-hybridized carbons (Fsp3) is 0.812. The predicted octanol–water partition coefficient (Wildman–Crippen LogP) is 0.307. The molecule has 0 aromatic rings. The van der Waals surface area contributed by atoms with Gasteiger partial charge in [0.05, 0.1) is 0 Å². The van der Waals surface area contributed by atoms with E-state index in [1.165, 1.54) is 0 Å². The van der Waals surface area contributed by atoms with E-state index in [2.05, 4.69) is 10.6 Å². The lowest BCUT2D eigenvalue weighted by molar-refractivity contribution is -0.142. The van der Waals surface area contributed by atoms with Gasteiger partial charge in [-0.2, -0.15) is 0 Å². The molecule has 23 heavy (non-hydrogen) atoms. The Balaban J connectivity index is 1.68. The first-order chi connectivity index (χ1) is 11.0. The predicted molar refractivity (Wildman–Crippen MR) is 84.7 cm³/mol. The van der Waals surface area contributed by atoms with E-state index in [1.54, 1.807) is 11.8 Å². The second-order valence-electron chi connectivity index (χ2n) is 7.07. The highest BCUT2D eigenvalue weighted by atomic mass is 16.2. The maximum Gasteiger partial charge on any atom is 0.325 e. The summed E-state index contributed by atoms with van der Waals surface area (Å²) in [6, 6.07) is -1.14. The summed E-state index contributed by atoms with van der Waals surface area (Å²) < 4.78 is 0. The molecule has 2 heterocycles. The van der Waals surface area contributed by atoms with Crippen LogP contribution in [0.5, 0.6) is 0 Å². The number of rotatable bonds is 4. The molecule has 0 aromatic carbocycles. The van der Waals surface area contributed by atoms with E-state index < -0.39 is 17.6 Å². The summed E-state index contributed by atoms with van der Waals surface area (Å²) in [5.41, 5.74) is -0.745. The van der Waals surface area contributed by atoms with Gasteiger partial charge in [0.2, 0.25) is 5.91 Å². The molecular formula is C16H26N4O3. The quantitative estimate of drug-likeness (QED) is 0.730. The summed E-state index contributed by atoms with van der Waals surface area (Å²) in [6.07, 6.45) is 4.22.